The number of ether oxygens (including phenoxy) is 3. The fourth-order valence-electron chi connectivity index (χ4n) is 2.30. The number of benzene rings is 1. The number of alkyl halides is 1. The summed E-state index contributed by atoms with van der Waals surface area (Å²) < 4.78 is 17.3. The summed E-state index contributed by atoms with van der Waals surface area (Å²) in [4.78, 5) is 0. The monoisotopic (exact) mass is 362 g/mol. The van der Waals surface area contributed by atoms with E-state index in [-0.39, 0.29) is 11.5 Å². The molecule has 3 unspecified atom stereocenters. The number of halogens is 2. The first kappa shape index (κ1) is 16.1. The number of hydrogen-bond donors (Lipinski definition) is 0. The zero-order valence-corrected chi connectivity index (χ0v) is 14.1. The topological polar surface area (TPSA) is 27.7 Å². The van der Waals surface area contributed by atoms with Crippen LogP contribution in [-0.4, -0.2) is 32.5 Å². The van der Waals surface area contributed by atoms with Gasteiger partial charge in [-0.25, -0.2) is 0 Å². The Morgan fingerprint density at radius 1 is 1.40 bits per heavy atom. The van der Waals surface area contributed by atoms with Crippen LogP contribution in [0.25, 0.3) is 0 Å². The Kier molecular flexibility index (Phi) is 6.15. The molecule has 3 nitrogen and oxygen atoms in total. The molecule has 1 aliphatic heterocycles. The predicted octanol–water partition coefficient (Wildman–Crippen LogP) is 4.32. The van der Waals surface area contributed by atoms with Crippen molar-refractivity contribution in [2.75, 3.05) is 20.3 Å². The van der Waals surface area contributed by atoms with Crippen LogP contribution in [0.3, 0.4) is 0 Å². The van der Waals surface area contributed by atoms with Gasteiger partial charge in [0.15, 0.2) is 0 Å². The van der Waals surface area contributed by atoms with Crippen LogP contribution in [0, 0.1) is 0 Å². The third kappa shape index (κ3) is 4.10. The molecule has 0 bridgehead atoms. The van der Waals surface area contributed by atoms with Crippen molar-refractivity contribution in [1.82, 2.24) is 0 Å². The molecular weight excluding hydrogens is 344 g/mol. The Labute approximate surface area is 133 Å². The van der Waals surface area contributed by atoms with Crippen molar-refractivity contribution >= 4 is 27.5 Å². The van der Waals surface area contributed by atoms with E-state index in [9.17, 15) is 0 Å². The van der Waals surface area contributed by atoms with Gasteiger partial charge in [-0.15, -0.1) is 11.6 Å². The Balaban J connectivity index is 2.00. The van der Waals surface area contributed by atoms with Crippen LogP contribution in [0.5, 0.6) is 5.75 Å². The SMILES string of the molecule is COCCOc1ccc(C(Cl)C2CCC(C)O2)cc1Br. The first-order chi connectivity index (χ1) is 9.61. The van der Waals surface area contributed by atoms with E-state index in [1.165, 1.54) is 0 Å². The molecule has 1 aliphatic rings. The average Bonchev–Trinajstić information content (AvgIpc) is 2.86. The van der Waals surface area contributed by atoms with E-state index in [2.05, 4.69) is 22.9 Å². The average molecular weight is 364 g/mol. The van der Waals surface area contributed by atoms with Gasteiger partial charge in [-0.1, -0.05) is 6.07 Å². The molecule has 1 fully saturated rings. The zero-order chi connectivity index (χ0) is 14.5. The lowest BCUT2D eigenvalue weighted by atomic mass is 10.0. The third-order valence-corrected chi connectivity index (χ3v) is 4.56. The van der Waals surface area contributed by atoms with Crippen molar-refractivity contribution in [2.45, 2.75) is 37.4 Å². The van der Waals surface area contributed by atoms with E-state index < -0.39 is 0 Å². The minimum Gasteiger partial charge on any atom is -0.490 e. The molecule has 0 radical (unpaired) electrons. The lowest BCUT2D eigenvalue weighted by molar-refractivity contribution is 0.0533. The van der Waals surface area contributed by atoms with E-state index in [0.29, 0.717) is 19.3 Å². The van der Waals surface area contributed by atoms with Crippen LogP contribution in [0.4, 0.5) is 0 Å². The molecule has 1 aromatic carbocycles. The summed E-state index contributed by atoms with van der Waals surface area (Å²) in [6, 6.07) is 5.94. The molecule has 0 aliphatic carbocycles. The van der Waals surface area contributed by atoms with Crippen LogP contribution in [0.1, 0.15) is 30.7 Å². The molecule has 1 aromatic rings. The Morgan fingerprint density at radius 3 is 2.80 bits per heavy atom. The summed E-state index contributed by atoms with van der Waals surface area (Å²) in [5.41, 5.74) is 1.05. The molecule has 0 N–H and O–H groups in total. The highest BCUT2D eigenvalue weighted by Gasteiger charge is 2.29. The summed E-state index contributed by atoms with van der Waals surface area (Å²) in [6.45, 7) is 3.19. The van der Waals surface area contributed by atoms with Crippen molar-refractivity contribution in [2.24, 2.45) is 0 Å². The normalized spacial score (nSPS) is 23.8. The maximum absolute atomic E-state index is 6.52. The summed E-state index contributed by atoms with van der Waals surface area (Å²) in [5, 5.41) is -0.121. The fraction of sp³-hybridized carbons (Fsp3) is 0.600. The minimum absolute atomic E-state index is 0.0961. The maximum Gasteiger partial charge on any atom is 0.133 e. The molecule has 0 aromatic heterocycles. The minimum atomic E-state index is -0.121. The van der Waals surface area contributed by atoms with Gasteiger partial charge in [-0.05, 0) is 53.4 Å². The lowest BCUT2D eigenvalue weighted by Crippen LogP contribution is -2.14. The van der Waals surface area contributed by atoms with Crippen LogP contribution in [0.2, 0.25) is 0 Å². The van der Waals surface area contributed by atoms with E-state index in [1.54, 1.807) is 7.11 Å². The standard InChI is InChI=1S/C15H20BrClO3/c1-10-3-5-14(20-10)15(17)11-4-6-13(12(16)9-11)19-8-7-18-2/h4,6,9-10,14-15H,3,5,7-8H2,1-2H3. The highest BCUT2D eigenvalue weighted by Crippen LogP contribution is 2.37. The molecular formula is C15H20BrClO3. The van der Waals surface area contributed by atoms with Crippen molar-refractivity contribution in [3.05, 3.63) is 28.2 Å². The second-order valence-electron chi connectivity index (χ2n) is 5.00. The second kappa shape index (κ2) is 7.64. The zero-order valence-electron chi connectivity index (χ0n) is 11.8. The molecule has 1 saturated heterocycles. The summed E-state index contributed by atoms with van der Waals surface area (Å²) >= 11 is 10.0. The molecule has 0 amide bonds. The molecule has 2 rings (SSSR count). The van der Waals surface area contributed by atoms with Crippen LogP contribution in [-0.2, 0) is 9.47 Å². The Hall–Kier alpha value is -0.290. The van der Waals surface area contributed by atoms with Crippen molar-refractivity contribution < 1.29 is 14.2 Å². The molecule has 5 heteroatoms. The van der Waals surface area contributed by atoms with Crippen molar-refractivity contribution in [3.8, 4) is 5.75 Å². The van der Waals surface area contributed by atoms with E-state index >= 15 is 0 Å². The van der Waals surface area contributed by atoms with Gasteiger partial charge >= 0.3 is 0 Å². The Bertz CT molecular complexity index is 441. The molecule has 1 heterocycles. The second-order valence-corrected chi connectivity index (χ2v) is 6.32. The first-order valence-corrected chi connectivity index (χ1v) is 8.05. The van der Waals surface area contributed by atoms with Gasteiger partial charge in [0.25, 0.3) is 0 Å². The summed E-state index contributed by atoms with van der Waals surface area (Å²) in [5.74, 6) is 0.801. The van der Waals surface area contributed by atoms with E-state index in [4.69, 9.17) is 25.8 Å². The van der Waals surface area contributed by atoms with Crippen LogP contribution >= 0.6 is 27.5 Å². The van der Waals surface area contributed by atoms with Crippen LogP contribution in [0.15, 0.2) is 22.7 Å². The van der Waals surface area contributed by atoms with Gasteiger partial charge in [0.2, 0.25) is 0 Å². The van der Waals surface area contributed by atoms with Gasteiger partial charge in [0, 0.05) is 7.11 Å². The van der Waals surface area contributed by atoms with Gasteiger partial charge in [0.1, 0.15) is 12.4 Å². The van der Waals surface area contributed by atoms with Gasteiger partial charge in [0.05, 0.1) is 28.7 Å². The van der Waals surface area contributed by atoms with Crippen molar-refractivity contribution in [1.29, 1.82) is 0 Å². The summed E-state index contributed by atoms with van der Waals surface area (Å²) in [6.07, 6.45) is 2.49. The fourth-order valence-corrected chi connectivity index (χ4v) is 3.14. The van der Waals surface area contributed by atoms with Gasteiger partial charge in [-0.2, -0.15) is 0 Å². The van der Waals surface area contributed by atoms with Gasteiger partial charge < -0.3 is 14.2 Å². The third-order valence-electron chi connectivity index (χ3n) is 3.41. The number of rotatable bonds is 6. The van der Waals surface area contributed by atoms with Gasteiger partial charge in [-0.3, -0.25) is 0 Å². The smallest absolute Gasteiger partial charge is 0.133 e. The molecule has 112 valence electrons. The van der Waals surface area contributed by atoms with E-state index in [0.717, 1.165) is 28.6 Å². The number of hydrogen-bond acceptors (Lipinski definition) is 3. The molecule has 3 atom stereocenters. The largest absolute Gasteiger partial charge is 0.490 e. The quantitative estimate of drug-likeness (QED) is 0.556. The predicted molar refractivity (Wildman–Crippen MR) is 83.7 cm³/mol. The van der Waals surface area contributed by atoms with E-state index in [1.807, 2.05) is 18.2 Å². The summed E-state index contributed by atoms with van der Waals surface area (Å²) in [7, 11) is 1.65. The van der Waals surface area contributed by atoms with Crippen molar-refractivity contribution in [3.63, 3.8) is 0 Å². The molecule has 0 saturated carbocycles. The highest BCUT2D eigenvalue weighted by molar-refractivity contribution is 9.10. The Morgan fingerprint density at radius 2 is 2.20 bits per heavy atom. The molecule has 20 heavy (non-hydrogen) atoms. The number of methoxy groups -OCH3 is 1. The highest BCUT2D eigenvalue weighted by atomic mass is 79.9. The maximum atomic E-state index is 6.52. The van der Waals surface area contributed by atoms with Crippen LogP contribution < -0.4 is 4.74 Å². The first-order valence-electron chi connectivity index (χ1n) is 6.82. The lowest BCUT2D eigenvalue weighted by Gasteiger charge is -2.19. The molecule has 0 spiro atoms.